The number of anilines is 1. The van der Waals surface area contributed by atoms with Gasteiger partial charge in [-0.15, -0.1) is 0 Å². The summed E-state index contributed by atoms with van der Waals surface area (Å²) in [6, 6.07) is 3.52. The van der Waals surface area contributed by atoms with Crippen LogP contribution in [-0.2, 0) is 0 Å². The molecule has 2 N–H and O–H groups in total. The summed E-state index contributed by atoms with van der Waals surface area (Å²) in [5.41, 5.74) is 7.54. The van der Waals surface area contributed by atoms with Gasteiger partial charge in [0.15, 0.2) is 0 Å². The molecule has 1 saturated heterocycles. The van der Waals surface area contributed by atoms with Gasteiger partial charge in [0, 0.05) is 29.2 Å². The molecule has 2 rings (SSSR count). The lowest BCUT2D eigenvalue weighted by atomic mass is 9.93. The Labute approximate surface area is 127 Å². The van der Waals surface area contributed by atoms with Gasteiger partial charge in [0.25, 0.3) is 5.69 Å². The summed E-state index contributed by atoms with van der Waals surface area (Å²) < 4.78 is 0.798. The predicted molar refractivity (Wildman–Crippen MR) is 84.1 cm³/mol. The number of aryl methyl sites for hydroxylation is 1. The summed E-state index contributed by atoms with van der Waals surface area (Å²) in [4.78, 5) is 12.9. The summed E-state index contributed by atoms with van der Waals surface area (Å²) >= 11 is 3.46. The van der Waals surface area contributed by atoms with Crippen LogP contribution in [0.3, 0.4) is 0 Å². The van der Waals surface area contributed by atoms with Crippen molar-refractivity contribution < 1.29 is 4.92 Å². The zero-order valence-electron chi connectivity index (χ0n) is 11.6. The van der Waals surface area contributed by atoms with Crippen molar-refractivity contribution in [3.8, 4) is 0 Å². The molecule has 6 heteroatoms. The number of benzene rings is 1. The Hall–Kier alpha value is -1.14. The van der Waals surface area contributed by atoms with Gasteiger partial charge in [-0.3, -0.25) is 10.1 Å². The molecular formula is C14H20BrN3O2. The maximum Gasteiger partial charge on any atom is 0.273 e. The molecule has 0 atom stereocenters. The van der Waals surface area contributed by atoms with Crippen molar-refractivity contribution in [1.29, 1.82) is 0 Å². The molecular weight excluding hydrogens is 322 g/mol. The highest BCUT2D eigenvalue weighted by Crippen LogP contribution is 2.35. The van der Waals surface area contributed by atoms with E-state index >= 15 is 0 Å². The zero-order valence-corrected chi connectivity index (χ0v) is 13.2. The molecule has 0 spiro atoms. The molecule has 0 aromatic heterocycles. The molecule has 0 unspecified atom stereocenters. The summed E-state index contributed by atoms with van der Waals surface area (Å²) in [5.74, 6) is 0.717. The zero-order chi connectivity index (χ0) is 14.7. The monoisotopic (exact) mass is 341 g/mol. The molecule has 110 valence electrons. The number of rotatable bonds is 4. The largest absolute Gasteiger partial charge is 0.371 e. The van der Waals surface area contributed by atoms with E-state index in [2.05, 4.69) is 20.8 Å². The maximum atomic E-state index is 10.9. The van der Waals surface area contributed by atoms with E-state index in [1.165, 1.54) is 0 Å². The minimum Gasteiger partial charge on any atom is -0.371 e. The van der Waals surface area contributed by atoms with E-state index in [0.717, 1.165) is 49.1 Å². The van der Waals surface area contributed by atoms with Crippen LogP contribution in [0.1, 0.15) is 24.8 Å². The van der Waals surface area contributed by atoms with E-state index in [4.69, 9.17) is 5.73 Å². The van der Waals surface area contributed by atoms with Crippen LogP contribution in [-0.4, -0.2) is 24.6 Å². The molecule has 0 bridgehead atoms. The minimum atomic E-state index is -0.336. The molecule has 1 aliphatic heterocycles. The van der Waals surface area contributed by atoms with Gasteiger partial charge in [-0.25, -0.2) is 0 Å². The number of nitro groups is 1. The van der Waals surface area contributed by atoms with Crippen molar-refractivity contribution in [2.24, 2.45) is 11.7 Å². The normalized spacial score (nSPS) is 16.4. The lowest BCUT2D eigenvalue weighted by molar-refractivity contribution is -0.385. The third-order valence-corrected chi connectivity index (χ3v) is 4.63. The summed E-state index contributed by atoms with van der Waals surface area (Å²) in [7, 11) is 0. The van der Waals surface area contributed by atoms with Crippen molar-refractivity contribution in [3.63, 3.8) is 0 Å². The second kappa shape index (κ2) is 6.54. The van der Waals surface area contributed by atoms with Crippen molar-refractivity contribution >= 4 is 27.3 Å². The molecule has 1 aromatic rings. The Bertz CT molecular complexity index is 499. The fraction of sp³-hybridized carbons (Fsp3) is 0.571. The van der Waals surface area contributed by atoms with Gasteiger partial charge in [-0.05, 0) is 60.6 Å². The fourth-order valence-corrected chi connectivity index (χ4v) is 3.38. The van der Waals surface area contributed by atoms with Crippen LogP contribution in [0.2, 0.25) is 0 Å². The van der Waals surface area contributed by atoms with Crippen molar-refractivity contribution in [2.75, 3.05) is 24.5 Å². The molecule has 1 fully saturated rings. The van der Waals surface area contributed by atoms with Crippen LogP contribution < -0.4 is 10.6 Å². The number of nitrogens with two attached hydrogens (primary N) is 1. The lowest BCUT2D eigenvalue weighted by Crippen LogP contribution is -2.34. The molecule has 5 nitrogen and oxygen atoms in total. The number of nitrogens with zero attached hydrogens (tertiary/aromatic N) is 2. The first-order valence-corrected chi connectivity index (χ1v) is 7.71. The Morgan fingerprint density at radius 2 is 2.10 bits per heavy atom. The Morgan fingerprint density at radius 1 is 1.45 bits per heavy atom. The van der Waals surface area contributed by atoms with Gasteiger partial charge in [-0.2, -0.15) is 0 Å². The smallest absolute Gasteiger partial charge is 0.273 e. The molecule has 1 aliphatic rings. The fourth-order valence-electron chi connectivity index (χ4n) is 2.79. The molecule has 1 heterocycles. The highest BCUT2D eigenvalue weighted by atomic mass is 79.9. The molecule has 0 amide bonds. The molecule has 20 heavy (non-hydrogen) atoms. The number of halogens is 1. The van der Waals surface area contributed by atoms with Gasteiger partial charge in [0.2, 0.25) is 0 Å². The summed E-state index contributed by atoms with van der Waals surface area (Å²) in [5, 5.41) is 10.9. The number of hydrogen-bond acceptors (Lipinski definition) is 4. The molecule has 0 saturated carbocycles. The first-order valence-electron chi connectivity index (χ1n) is 6.92. The third kappa shape index (κ3) is 3.30. The Balaban J connectivity index is 2.14. The SMILES string of the molecule is Cc1cc(N2CCC(CCN)CC2)c(Br)cc1[N+](=O)[O-]. The Morgan fingerprint density at radius 3 is 2.65 bits per heavy atom. The van der Waals surface area contributed by atoms with E-state index in [9.17, 15) is 10.1 Å². The predicted octanol–water partition coefficient (Wildman–Crippen LogP) is 3.23. The topological polar surface area (TPSA) is 72.4 Å². The first kappa shape index (κ1) is 15.3. The van der Waals surface area contributed by atoms with Gasteiger partial charge < -0.3 is 10.6 Å². The van der Waals surface area contributed by atoms with Gasteiger partial charge >= 0.3 is 0 Å². The van der Waals surface area contributed by atoms with E-state index in [-0.39, 0.29) is 10.6 Å². The molecule has 0 aliphatic carbocycles. The van der Waals surface area contributed by atoms with Crippen molar-refractivity contribution in [2.45, 2.75) is 26.2 Å². The number of piperidine rings is 1. The van der Waals surface area contributed by atoms with Crippen LogP contribution in [0.4, 0.5) is 11.4 Å². The Kier molecular flexibility index (Phi) is 4.99. The third-order valence-electron chi connectivity index (χ3n) is 3.99. The minimum absolute atomic E-state index is 0.165. The number of nitro benzene ring substituents is 1. The second-order valence-electron chi connectivity index (χ2n) is 5.35. The molecule has 1 aromatic carbocycles. The van der Waals surface area contributed by atoms with Crippen LogP contribution in [0.25, 0.3) is 0 Å². The molecule has 0 radical (unpaired) electrons. The van der Waals surface area contributed by atoms with Gasteiger partial charge in [-0.1, -0.05) is 0 Å². The average molecular weight is 342 g/mol. The number of hydrogen-bond donors (Lipinski definition) is 1. The highest BCUT2D eigenvalue weighted by molar-refractivity contribution is 9.10. The highest BCUT2D eigenvalue weighted by Gasteiger charge is 2.22. The van der Waals surface area contributed by atoms with Crippen molar-refractivity contribution in [3.05, 3.63) is 32.3 Å². The van der Waals surface area contributed by atoms with Gasteiger partial charge in [0.1, 0.15) is 0 Å². The average Bonchev–Trinajstić information content (AvgIpc) is 2.42. The van der Waals surface area contributed by atoms with Crippen LogP contribution >= 0.6 is 15.9 Å². The summed E-state index contributed by atoms with van der Waals surface area (Å²) in [6.45, 7) is 4.52. The van der Waals surface area contributed by atoms with Crippen LogP contribution in [0, 0.1) is 23.0 Å². The van der Waals surface area contributed by atoms with E-state index in [1.54, 1.807) is 13.0 Å². The van der Waals surface area contributed by atoms with Gasteiger partial charge in [0.05, 0.1) is 10.6 Å². The quantitative estimate of drug-likeness (QED) is 0.674. The lowest BCUT2D eigenvalue weighted by Gasteiger charge is -2.34. The maximum absolute atomic E-state index is 10.9. The van der Waals surface area contributed by atoms with Crippen LogP contribution in [0.15, 0.2) is 16.6 Å². The van der Waals surface area contributed by atoms with Crippen LogP contribution in [0.5, 0.6) is 0 Å². The van der Waals surface area contributed by atoms with E-state index in [0.29, 0.717) is 11.5 Å². The summed E-state index contributed by atoms with van der Waals surface area (Å²) in [6.07, 6.45) is 3.37. The van der Waals surface area contributed by atoms with E-state index in [1.807, 2.05) is 6.07 Å². The standard InChI is InChI=1S/C14H20BrN3O2/c1-10-8-14(12(15)9-13(10)18(19)20)17-6-3-11(2-5-16)4-7-17/h8-9,11H,2-7,16H2,1H3. The van der Waals surface area contributed by atoms with Crippen molar-refractivity contribution in [1.82, 2.24) is 0 Å². The first-order chi connectivity index (χ1) is 9.52. The second-order valence-corrected chi connectivity index (χ2v) is 6.21. The van der Waals surface area contributed by atoms with E-state index < -0.39 is 0 Å².